The zero-order valence-electron chi connectivity index (χ0n) is 15.3. The Hall–Kier alpha value is -2.87. The normalized spacial score (nSPS) is 11.5. The lowest BCUT2D eigenvalue weighted by molar-refractivity contribution is 0.0600. The number of sulfone groups is 1. The summed E-state index contributed by atoms with van der Waals surface area (Å²) < 4.78 is 36.3. The van der Waals surface area contributed by atoms with Crippen molar-refractivity contribution >= 4 is 26.7 Å². The summed E-state index contributed by atoms with van der Waals surface area (Å²) in [5.41, 5.74) is 0.937. The third-order valence-corrected chi connectivity index (χ3v) is 5.92. The quantitative estimate of drug-likeness (QED) is 0.601. The molecule has 0 radical (unpaired) electrons. The third kappa shape index (κ3) is 3.80. The van der Waals surface area contributed by atoms with Crippen LogP contribution in [0.15, 0.2) is 47.5 Å². The molecule has 0 N–H and O–H groups in total. The smallest absolute Gasteiger partial charge is 0.338 e. The van der Waals surface area contributed by atoms with Gasteiger partial charge in [-0.15, -0.1) is 0 Å². The molecule has 8 heteroatoms. The molecule has 0 aliphatic carbocycles. The standard InChI is InChI=1S/C19H20N2O5S/c1-4-21-12-16-17(20-21)10-13(19(22)25-3)11-18(16)26-14-6-8-15(9-7-14)27(23,24)5-2/h6-12H,4-5H2,1-3H3. The van der Waals surface area contributed by atoms with Crippen LogP contribution in [0.3, 0.4) is 0 Å². The van der Waals surface area contributed by atoms with E-state index in [1.807, 2.05) is 13.1 Å². The summed E-state index contributed by atoms with van der Waals surface area (Å²) in [6, 6.07) is 9.42. The fraction of sp³-hybridized carbons (Fsp3) is 0.263. The molecular weight excluding hydrogens is 368 g/mol. The number of ether oxygens (including phenoxy) is 2. The van der Waals surface area contributed by atoms with E-state index in [1.54, 1.807) is 35.9 Å². The van der Waals surface area contributed by atoms with Gasteiger partial charge in [-0.2, -0.15) is 5.10 Å². The highest BCUT2D eigenvalue weighted by molar-refractivity contribution is 7.91. The van der Waals surface area contributed by atoms with Gasteiger partial charge in [-0.05, 0) is 43.3 Å². The average Bonchev–Trinajstić information content (AvgIpc) is 3.11. The summed E-state index contributed by atoms with van der Waals surface area (Å²) in [6.45, 7) is 4.23. The molecule has 0 bridgehead atoms. The molecule has 0 aliphatic rings. The van der Waals surface area contributed by atoms with Gasteiger partial charge in [0.15, 0.2) is 9.84 Å². The SMILES string of the molecule is CCn1cc2c(Oc3ccc(S(=O)(=O)CC)cc3)cc(C(=O)OC)cc2n1. The number of aromatic nitrogens is 2. The minimum Gasteiger partial charge on any atom is -0.465 e. The summed E-state index contributed by atoms with van der Waals surface area (Å²) in [5, 5.41) is 5.16. The van der Waals surface area contributed by atoms with Crippen molar-refractivity contribution in [3.8, 4) is 11.5 Å². The van der Waals surface area contributed by atoms with Crippen molar-refractivity contribution in [2.24, 2.45) is 0 Å². The number of hydrogen-bond acceptors (Lipinski definition) is 6. The van der Waals surface area contributed by atoms with Crippen LogP contribution in [-0.2, 0) is 21.1 Å². The fourth-order valence-electron chi connectivity index (χ4n) is 2.63. The summed E-state index contributed by atoms with van der Waals surface area (Å²) >= 11 is 0. The Morgan fingerprint density at radius 3 is 2.44 bits per heavy atom. The van der Waals surface area contributed by atoms with Gasteiger partial charge in [-0.3, -0.25) is 4.68 Å². The molecular formula is C19H20N2O5S. The van der Waals surface area contributed by atoms with Crippen molar-refractivity contribution < 1.29 is 22.7 Å². The molecule has 3 aromatic rings. The van der Waals surface area contributed by atoms with E-state index in [1.165, 1.54) is 19.2 Å². The summed E-state index contributed by atoms with van der Waals surface area (Å²) in [4.78, 5) is 12.2. The van der Waals surface area contributed by atoms with Crippen LogP contribution >= 0.6 is 0 Å². The van der Waals surface area contributed by atoms with Gasteiger partial charge >= 0.3 is 5.97 Å². The second-order valence-electron chi connectivity index (χ2n) is 5.86. The van der Waals surface area contributed by atoms with E-state index in [9.17, 15) is 13.2 Å². The monoisotopic (exact) mass is 388 g/mol. The zero-order chi connectivity index (χ0) is 19.6. The second kappa shape index (κ2) is 7.40. The van der Waals surface area contributed by atoms with Gasteiger partial charge in [0.05, 0.1) is 34.2 Å². The lowest BCUT2D eigenvalue weighted by atomic mass is 10.1. The highest BCUT2D eigenvalue weighted by atomic mass is 32.2. The molecule has 2 aromatic carbocycles. The molecule has 142 valence electrons. The molecule has 0 spiro atoms. The maximum Gasteiger partial charge on any atom is 0.338 e. The van der Waals surface area contributed by atoms with E-state index in [4.69, 9.17) is 9.47 Å². The largest absolute Gasteiger partial charge is 0.465 e. The van der Waals surface area contributed by atoms with Crippen molar-refractivity contribution in [1.29, 1.82) is 0 Å². The second-order valence-corrected chi connectivity index (χ2v) is 8.14. The van der Waals surface area contributed by atoms with Crippen molar-refractivity contribution in [2.45, 2.75) is 25.3 Å². The van der Waals surface area contributed by atoms with Crippen molar-refractivity contribution in [1.82, 2.24) is 9.78 Å². The number of hydrogen-bond donors (Lipinski definition) is 0. The Bertz CT molecular complexity index is 1090. The van der Waals surface area contributed by atoms with Crippen molar-refractivity contribution in [3.05, 3.63) is 48.2 Å². The maximum atomic E-state index is 11.9. The zero-order valence-corrected chi connectivity index (χ0v) is 16.1. The van der Waals surface area contributed by atoms with E-state index in [0.29, 0.717) is 29.1 Å². The van der Waals surface area contributed by atoms with E-state index in [0.717, 1.165) is 5.39 Å². The predicted octanol–water partition coefficient (Wildman–Crippen LogP) is 3.43. The molecule has 27 heavy (non-hydrogen) atoms. The molecule has 0 fully saturated rings. The van der Waals surface area contributed by atoms with Crippen molar-refractivity contribution in [2.75, 3.05) is 12.9 Å². The number of benzene rings is 2. The van der Waals surface area contributed by atoms with E-state index >= 15 is 0 Å². The van der Waals surface area contributed by atoms with E-state index in [2.05, 4.69) is 5.10 Å². The van der Waals surface area contributed by atoms with Gasteiger partial charge in [0, 0.05) is 12.7 Å². The Morgan fingerprint density at radius 1 is 1.15 bits per heavy atom. The Kier molecular flexibility index (Phi) is 5.18. The molecule has 0 atom stereocenters. The van der Waals surface area contributed by atoms with Crippen LogP contribution in [0.2, 0.25) is 0 Å². The van der Waals surface area contributed by atoms with E-state index < -0.39 is 15.8 Å². The van der Waals surface area contributed by atoms with Crippen LogP contribution in [0.25, 0.3) is 10.9 Å². The van der Waals surface area contributed by atoms with Gasteiger partial charge < -0.3 is 9.47 Å². The molecule has 1 heterocycles. The first-order valence-corrected chi connectivity index (χ1v) is 10.1. The fourth-order valence-corrected chi connectivity index (χ4v) is 3.52. The Balaban J connectivity index is 2.02. The van der Waals surface area contributed by atoms with Gasteiger partial charge in [-0.25, -0.2) is 13.2 Å². The highest BCUT2D eigenvalue weighted by Crippen LogP contribution is 2.32. The summed E-state index contributed by atoms with van der Waals surface area (Å²) in [6.07, 6.45) is 1.83. The number of methoxy groups -OCH3 is 1. The molecule has 1 aromatic heterocycles. The Labute approximate surface area is 157 Å². The first-order valence-electron chi connectivity index (χ1n) is 8.48. The molecule has 0 amide bonds. The average molecular weight is 388 g/mol. The summed E-state index contributed by atoms with van der Waals surface area (Å²) in [7, 11) is -1.96. The minimum absolute atomic E-state index is 0.0329. The Morgan fingerprint density at radius 2 is 1.85 bits per heavy atom. The predicted molar refractivity (Wildman–Crippen MR) is 101 cm³/mol. The number of esters is 1. The topological polar surface area (TPSA) is 87.5 Å². The number of carbonyl (C=O) groups is 1. The van der Waals surface area contributed by atoms with Gasteiger partial charge in [0.25, 0.3) is 0 Å². The molecule has 0 unspecified atom stereocenters. The first kappa shape index (κ1) is 18.9. The lowest BCUT2D eigenvalue weighted by Crippen LogP contribution is -2.03. The van der Waals surface area contributed by atoms with E-state index in [-0.39, 0.29) is 10.6 Å². The van der Waals surface area contributed by atoms with Gasteiger partial charge in [0.1, 0.15) is 11.5 Å². The van der Waals surface area contributed by atoms with Crippen LogP contribution in [0, 0.1) is 0 Å². The molecule has 7 nitrogen and oxygen atoms in total. The maximum absolute atomic E-state index is 11.9. The van der Waals surface area contributed by atoms with Crippen molar-refractivity contribution in [3.63, 3.8) is 0 Å². The molecule has 0 saturated heterocycles. The van der Waals surface area contributed by atoms with Crippen LogP contribution in [-0.4, -0.2) is 37.0 Å². The van der Waals surface area contributed by atoms with Crippen LogP contribution in [0.1, 0.15) is 24.2 Å². The number of carbonyl (C=O) groups excluding carboxylic acids is 1. The van der Waals surface area contributed by atoms with Crippen LogP contribution < -0.4 is 4.74 Å². The van der Waals surface area contributed by atoms with Gasteiger partial charge in [-0.1, -0.05) is 6.92 Å². The molecule has 3 rings (SSSR count). The number of nitrogens with zero attached hydrogens (tertiary/aromatic N) is 2. The highest BCUT2D eigenvalue weighted by Gasteiger charge is 2.16. The molecule has 0 saturated carbocycles. The van der Waals surface area contributed by atoms with Gasteiger partial charge in [0.2, 0.25) is 0 Å². The summed E-state index contributed by atoms with van der Waals surface area (Å²) in [5.74, 6) is 0.444. The number of rotatable bonds is 6. The minimum atomic E-state index is -3.27. The third-order valence-electron chi connectivity index (χ3n) is 4.17. The lowest BCUT2D eigenvalue weighted by Gasteiger charge is -2.09. The number of fused-ring (bicyclic) bond motifs is 1. The molecule has 0 aliphatic heterocycles. The first-order chi connectivity index (χ1) is 12.9. The van der Waals surface area contributed by atoms with Crippen LogP contribution in [0.4, 0.5) is 0 Å². The number of aryl methyl sites for hydroxylation is 1. The van der Waals surface area contributed by atoms with Crippen LogP contribution in [0.5, 0.6) is 11.5 Å².